The minimum Gasteiger partial charge on any atom is -0.0804 e. The molecule has 0 bridgehead atoms. The van der Waals surface area contributed by atoms with E-state index in [0.29, 0.717) is 0 Å². The SMILES string of the molecule is C1=C2CCC=C(Cc3ccccc3)C2=CCC1.CC.Cc1ccc(-c2ccc3c(c2)-c2ccccc2C3(C)c2ccccc2)cc1.Cc1ccc2c(c1)Cc1ccccc1-2.c1ccc(-c2ccccc2)cc1. The normalized spacial score (nSPS) is 15.1. The maximum atomic E-state index is 2.44. The van der Waals surface area contributed by atoms with Crippen LogP contribution in [-0.2, 0) is 18.3 Å². The van der Waals surface area contributed by atoms with Crippen molar-refractivity contribution in [3.63, 3.8) is 0 Å². The van der Waals surface area contributed by atoms with Crippen molar-refractivity contribution in [2.75, 3.05) is 0 Å². The summed E-state index contributed by atoms with van der Waals surface area (Å²) in [7, 11) is 0. The molecule has 4 aliphatic carbocycles. The quantitative estimate of drug-likeness (QED) is 0.161. The molecule has 0 spiro atoms. The van der Waals surface area contributed by atoms with Gasteiger partial charge in [-0.15, -0.1) is 0 Å². The van der Waals surface area contributed by atoms with Gasteiger partial charge in [0.15, 0.2) is 0 Å². The third kappa shape index (κ3) is 11.0. The van der Waals surface area contributed by atoms with E-state index in [4.69, 9.17) is 0 Å². The number of benzene rings is 9. The van der Waals surface area contributed by atoms with Gasteiger partial charge in [0.25, 0.3) is 0 Å². The molecule has 0 fully saturated rings. The summed E-state index contributed by atoms with van der Waals surface area (Å²) in [4.78, 5) is 0. The van der Waals surface area contributed by atoms with Gasteiger partial charge in [-0.05, 0) is 160 Å². The molecule has 9 aromatic rings. The average molecular weight is 933 g/mol. The van der Waals surface area contributed by atoms with Crippen molar-refractivity contribution < 1.29 is 0 Å². The molecule has 0 saturated heterocycles. The second-order valence-corrected chi connectivity index (χ2v) is 19.2. The molecule has 9 aromatic carbocycles. The van der Waals surface area contributed by atoms with E-state index in [1.54, 1.807) is 5.57 Å². The highest BCUT2D eigenvalue weighted by Gasteiger charge is 2.40. The fourth-order valence-corrected chi connectivity index (χ4v) is 10.8. The van der Waals surface area contributed by atoms with Crippen LogP contribution in [0.3, 0.4) is 0 Å². The molecule has 1 atom stereocenters. The Morgan fingerprint density at radius 1 is 0.389 bits per heavy atom. The molecule has 72 heavy (non-hydrogen) atoms. The summed E-state index contributed by atoms with van der Waals surface area (Å²) in [5.41, 5.74) is 26.4. The largest absolute Gasteiger partial charge is 0.0804 e. The Morgan fingerprint density at radius 2 is 0.917 bits per heavy atom. The van der Waals surface area contributed by atoms with Crippen LogP contribution in [0.4, 0.5) is 0 Å². The predicted octanol–water partition coefficient (Wildman–Crippen LogP) is 19.5. The second kappa shape index (κ2) is 23.4. The van der Waals surface area contributed by atoms with Crippen LogP contribution in [0.2, 0.25) is 0 Å². The third-order valence-corrected chi connectivity index (χ3v) is 14.5. The molecule has 4 aliphatic rings. The number of hydrogen-bond donors (Lipinski definition) is 0. The number of allylic oxidation sites excluding steroid dienone is 6. The van der Waals surface area contributed by atoms with E-state index in [1.807, 2.05) is 26.0 Å². The summed E-state index contributed by atoms with van der Waals surface area (Å²) in [6.45, 7) is 10.6. The van der Waals surface area contributed by atoms with Crippen LogP contribution in [-0.4, -0.2) is 0 Å². The van der Waals surface area contributed by atoms with Crippen molar-refractivity contribution in [3.8, 4) is 44.5 Å². The predicted molar refractivity (Wildman–Crippen MR) is 310 cm³/mol. The van der Waals surface area contributed by atoms with Gasteiger partial charge in [-0.3, -0.25) is 0 Å². The van der Waals surface area contributed by atoms with Crippen LogP contribution in [0, 0.1) is 13.8 Å². The minimum absolute atomic E-state index is 0.112. The van der Waals surface area contributed by atoms with Gasteiger partial charge in [0.05, 0.1) is 0 Å². The van der Waals surface area contributed by atoms with Crippen LogP contribution in [0.1, 0.15) is 91.0 Å². The van der Waals surface area contributed by atoms with E-state index in [1.165, 1.54) is 126 Å². The Labute approximate surface area is 430 Å². The molecule has 1 unspecified atom stereocenters. The van der Waals surface area contributed by atoms with Crippen molar-refractivity contribution in [3.05, 3.63) is 310 Å². The van der Waals surface area contributed by atoms with E-state index in [9.17, 15) is 0 Å². The molecule has 0 aliphatic heterocycles. The van der Waals surface area contributed by atoms with Crippen molar-refractivity contribution >= 4 is 0 Å². The maximum Gasteiger partial charge on any atom is 0.0435 e. The zero-order valence-corrected chi connectivity index (χ0v) is 42.9. The Bertz CT molecular complexity index is 3260. The van der Waals surface area contributed by atoms with Gasteiger partial charge in [-0.25, -0.2) is 0 Å². The molecule has 13 rings (SSSR count). The number of fused-ring (bicyclic) bond motifs is 7. The fraction of sp³-hybridized carbons (Fsp3) is 0.167. The zero-order chi connectivity index (χ0) is 49.7. The molecule has 0 N–H and O–H groups in total. The highest BCUT2D eigenvalue weighted by atomic mass is 14.4. The lowest BCUT2D eigenvalue weighted by molar-refractivity contribution is 0.714. The summed E-state index contributed by atoms with van der Waals surface area (Å²) < 4.78 is 0. The number of aryl methyl sites for hydroxylation is 2. The fourth-order valence-electron chi connectivity index (χ4n) is 10.8. The van der Waals surface area contributed by atoms with Crippen LogP contribution < -0.4 is 0 Å². The Morgan fingerprint density at radius 3 is 1.61 bits per heavy atom. The van der Waals surface area contributed by atoms with Gasteiger partial charge in [-0.1, -0.05) is 268 Å². The Balaban J connectivity index is 0.000000123. The second-order valence-electron chi connectivity index (χ2n) is 19.2. The van der Waals surface area contributed by atoms with Crippen LogP contribution >= 0.6 is 0 Å². The van der Waals surface area contributed by atoms with E-state index in [2.05, 4.69) is 257 Å². The summed E-state index contributed by atoms with van der Waals surface area (Å²) in [6, 6.07) is 82.5. The lowest BCUT2D eigenvalue weighted by atomic mass is 9.74. The van der Waals surface area contributed by atoms with Gasteiger partial charge in [0.1, 0.15) is 0 Å². The van der Waals surface area contributed by atoms with Gasteiger partial charge >= 0.3 is 0 Å². The molecule has 0 aromatic heterocycles. The van der Waals surface area contributed by atoms with Crippen LogP contribution in [0.15, 0.2) is 265 Å². The number of rotatable bonds is 5. The molecule has 0 heterocycles. The molecule has 0 radical (unpaired) electrons. The molecule has 0 amide bonds. The van der Waals surface area contributed by atoms with E-state index in [-0.39, 0.29) is 5.41 Å². The summed E-state index contributed by atoms with van der Waals surface area (Å²) >= 11 is 0. The van der Waals surface area contributed by atoms with Crippen molar-refractivity contribution in [1.29, 1.82) is 0 Å². The van der Waals surface area contributed by atoms with Crippen molar-refractivity contribution in [2.45, 2.75) is 78.6 Å². The highest BCUT2D eigenvalue weighted by Crippen LogP contribution is 2.53. The molecular weight excluding hydrogens is 865 g/mol. The topological polar surface area (TPSA) is 0 Å². The lowest BCUT2D eigenvalue weighted by Gasteiger charge is -2.28. The standard InChI is InChI=1S/C27H22.C17H18.C14H12.C12H10.C2H6/c1-19-12-14-20(15-13-19)21-16-17-26-24(18-21)23-10-6-7-11-25(23)27(26,2)22-8-4-3-5-9-22;1-2-7-14(8-3-1)13-16-11-6-10-15-9-4-5-12-17(15)16;1-10-6-7-14-12(8-10)9-11-4-2-3-5-13(11)14;1-3-7-11(8-4-1)12-9-5-2-6-10-12;1-2/h3-18H,1-2H3;1-3,7-9,11-12H,4-6,10,13H2;2-8H,9H2,1H3;1-10H;1-2H3. The Kier molecular flexibility index (Phi) is 16.0. The molecular formula is C72H68. The first-order valence-electron chi connectivity index (χ1n) is 26.2. The van der Waals surface area contributed by atoms with E-state index < -0.39 is 0 Å². The number of hydrogen-bond acceptors (Lipinski definition) is 0. The summed E-state index contributed by atoms with van der Waals surface area (Å²) in [5, 5.41) is 0. The first-order valence-corrected chi connectivity index (χ1v) is 26.2. The van der Waals surface area contributed by atoms with E-state index >= 15 is 0 Å². The molecule has 0 nitrogen and oxygen atoms in total. The van der Waals surface area contributed by atoms with Crippen LogP contribution in [0.5, 0.6) is 0 Å². The first-order chi connectivity index (χ1) is 35.4. The molecule has 356 valence electrons. The first kappa shape index (κ1) is 49.2. The zero-order valence-electron chi connectivity index (χ0n) is 42.9. The van der Waals surface area contributed by atoms with E-state index in [0.717, 1.165) is 12.8 Å². The molecule has 0 saturated carbocycles. The monoisotopic (exact) mass is 933 g/mol. The van der Waals surface area contributed by atoms with Gasteiger partial charge < -0.3 is 0 Å². The maximum absolute atomic E-state index is 2.44. The molecule has 0 heteroatoms. The van der Waals surface area contributed by atoms with Gasteiger partial charge in [-0.2, -0.15) is 0 Å². The minimum atomic E-state index is -0.112. The van der Waals surface area contributed by atoms with Gasteiger partial charge in [0.2, 0.25) is 0 Å². The summed E-state index contributed by atoms with van der Waals surface area (Å²) in [5.74, 6) is 0. The van der Waals surface area contributed by atoms with Crippen LogP contribution in [0.25, 0.3) is 44.5 Å². The lowest BCUT2D eigenvalue weighted by Crippen LogP contribution is -2.22. The van der Waals surface area contributed by atoms with Crippen molar-refractivity contribution in [1.82, 2.24) is 0 Å². The van der Waals surface area contributed by atoms with Crippen molar-refractivity contribution in [2.24, 2.45) is 0 Å². The third-order valence-electron chi connectivity index (χ3n) is 14.5. The highest BCUT2D eigenvalue weighted by molar-refractivity contribution is 5.86. The smallest absolute Gasteiger partial charge is 0.0435 e. The van der Waals surface area contributed by atoms with Gasteiger partial charge in [0, 0.05) is 5.41 Å². The Hall–Kier alpha value is -7.80. The summed E-state index contributed by atoms with van der Waals surface area (Å²) in [6.07, 6.45) is 14.4. The average Bonchev–Trinajstić information content (AvgIpc) is 3.95.